The smallest absolute Gasteiger partial charge is 0.410 e. The molecule has 14 heteroatoms. The largest absolute Gasteiger partial charge is 0.496 e. The van der Waals surface area contributed by atoms with Crippen molar-refractivity contribution in [1.82, 2.24) is 4.90 Å². The summed E-state index contributed by atoms with van der Waals surface area (Å²) in [5.74, 6) is -0.377. The maximum absolute atomic E-state index is 14.9. The van der Waals surface area contributed by atoms with Crippen molar-refractivity contribution in [1.29, 1.82) is 0 Å². The number of methoxy groups -OCH3 is 1. The van der Waals surface area contributed by atoms with Crippen LogP contribution in [0.4, 0.5) is 4.79 Å². The van der Waals surface area contributed by atoms with Gasteiger partial charge in [0.05, 0.1) is 49.9 Å². The predicted octanol–water partition coefficient (Wildman–Crippen LogP) is 10.5. The van der Waals surface area contributed by atoms with Crippen LogP contribution in [0.25, 0.3) is 10.8 Å². The fourth-order valence-electron chi connectivity index (χ4n) is 10.8. The number of carbonyl (C=O) groups excluding carboxylic acids is 2. The van der Waals surface area contributed by atoms with E-state index in [-0.39, 0.29) is 63.0 Å². The maximum atomic E-state index is 14.9. The van der Waals surface area contributed by atoms with Gasteiger partial charge in [0.1, 0.15) is 35.6 Å². The minimum atomic E-state index is -1.54. The lowest BCUT2D eigenvalue weighted by atomic mass is 9.55. The van der Waals surface area contributed by atoms with Crippen molar-refractivity contribution in [3.8, 4) is 23.0 Å². The molecule has 4 aliphatic rings. The molecule has 0 radical (unpaired) electrons. The van der Waals surface area contributed by atoms with E-state index in [1.165, 1.54) is 7.11 Å². The van der Waals surface area contributed by atoms with Crippen LogP contribution in [0.5, 0.6) is 23.0 Å². The molecule has 0 bridgehead atoms. The topological polar surface area (TPSA) is 155 Å². The highest BCUT2D eigenvalue weighted by Crippen LogP contribution is 2.62. The van der Waals surface area contributed by atoms with Crippen LogP contribution in [0.3, 0.4) is 0 Å². The van der Waals surface area contributed by atoms with E-state index in [4.69, 9.17) is 50.0 Å². The van der Waals surface area contributed by atoms with Crippen molar-refractivity contribution >= 4 is 40.5 Å². The van der Waals surface area contributed by atoms with Gasteiger partial charge in [-0.3, -0.25) is 9.69 Å². The predicted molar refractivity (Wildman–Crippen MR) is 260 cm³/mol. The maximum Gasteiger partial charge on any atom is 0.410 e. The summed E-state index contributed by atoms with van der Waals surface area (Å²) in [5.41, 5.74) is 3.66. The Morgan fingerprint density at radius 3 is 2.54 bits per heavy atom. The van der Waals surface area contributed by atoms with Gasteiger partial charge in [-0.25, -0.2) is 4.79 Å². The van der Waals surface area contributed by atoms with Crippen molar-refractivity contribution in [3.05, 3.63) is 120 Å². The van der Waals surface area contributed by atoms with E-state index in [2.05, 4.69) is 12.7 Å². The van der Waals surface area contributed by atoms with Gasteiger partial charge in [-0.15, -0.1) is 18.2 Å². The molecule has 1 saturated heterocycles. The van der Waals surface area contributed by atoms with E-state index in [0.717, 1.165) is 72.3 Å². The monoisotopic (exact) mass is 950 g/mol. The van der Waals surface area contributed by atoms with Crippen molar-refractivity contribution in [3.63, 3.8) is 0 Å². The Morgan fingerprint density at radius 1 is 0.985 bits per heavy atom. The van der Waals surface area contributed by atoms with Gasteiger partial charge in [-0.2, -0.15) is 0 Å². The summed E-state index contributed by atoms with van der Waals surface area (Å²) in [7, 11) is 1.51. The first-order chi connectivity index (χ1) is 33.4. The normalized spacial score (nSPS) is 24.5. The number of nitrogens with zero attached hydrogens (tertiary/aromatic N) is 2. The SMILES string of the molecule is C=CCOC12Oc3ccc(Oc4ccc(OC)c(C=O)c4)cc3C3C(CCCCO)C(CCCCO)C=C(C(=NOC4CCCCO4)CC1N(Cc1cccc4ccccc14)C(=O)OCCCl)C32. The molecule has 2 heterocycles. The number of aliphatic hydroxyl groups is 2. The number of fused-ring (bicyclic) bond motifs is 3. The number of oxime groups is 1. The summed E-state index contributed by atoms with van der Waals surface area (Å²) in [5, 5.41) is 27.1. The first kappa shape index (κ1) is 49.0. The molecular weight excluding hydrogens is 888 g/mol. The second-order valence-corrected chi connectivity index (χ2v) is 18.2. The second kappa shape index (κ2) is 23.2. The zero-order chi connectivity index (χ0) is 47.5. The Hall–Kier alpha value is -5.44. The summed E-state index contributed by atoms with van der Waals surface area (Å²) < 4.78 is 38.6. The molecule has 0 aromatic heterocycles. The van der Waals surface area contributed by atoms with E-state index in [9.17, 15) is 19.8 Å². The number of carbonyl (C=O) groups is 2. The van der Waals surface area contributed by atoms with Crippen LogP contribution in [-0.2, 0) is 25.6 Å². The number of halogens is 1. The van der Waals surface area contributed by atoms with E-state index in [0.29, 0.717) is 60.1 Å². The molecule has 0 spiro atoms. The van der Waals surface area contributed by atoms with Crippen LogP contribution in [0, 0.1) is 17.8 Å². The molecule has 2 fully saturated rings. The Balaban J connectivity index is 1.35. The van der Waals surface area contributed by atoms with E-state index in [1.807, 2.05) is 60.7 Å². The molecular formula is C54H63ClN2O11. The molecule has 1 saturated carbocycles. The van der Waals surface area contributed by atoms with Crippen molar-refractivity contribution < 1.29 is 53.1 Å². The van der Waals surface area contributed by atoms with Gasteiger partial charge in [0.25, 0.3) is 0 Å². The Morgan fingerprint density at radius 2 is 1.78 bits per heavy atom. The number of unbranched alkanes of at least 4 members (excludes halogenated alkanes) is 2. The quantitative estimate of drug-likeness (QED) is 0.0254. The van der Waals surface area contributed by atoms with Gasteiger partial charge >= 0.3 is 6.09 Å². The van der Waals surface area contributed by atoms with Crippen LogP contribution in [0.1, 0.15) is 91.6 Å². The Bertz CT molecular complexity index is 2430. The number of benzene rings is 4. The van der Waals surface area contributed by atoms with E-state index >= 15 is 0 Å². The number of aliphatic hydroxyl groups excluding tert-OH is 2. The van der Waals surface area contributed by atoms with Gasteiger partial charge in [0.15, 0.2) is 6.29 Å². The lowest BCUT2D eigenvalue weighted by Gasteiger charge is -2.60. The molecule has 2 aliphatic carbocycles. The van der Waals surface area contributed by atoms with E-state index in [1.54, 1.807) is 29.2 Å². The van der Waals surface area contributed by atoms with Crippen LogP contribution in [0.15, 0.2) is 108 Å². The minimum Gasteiger partial charge on any atom is -0.496 e. The van der Waals surface area contributed by atoms with Crippen molar-refractivity contribution in [2.45, 2.75) is 94.8 Å². The third kappa shape index (κ3) is 10.6. The number of allylic oxidation sites excluding steroid dienone is 1. The molecule has 7 unspecified atom stereocenters. The first-order valence-electron chi connectivity index (χ1n) is 24.0. The fourth-order valence-corrected chi connectivity index (χ4v) is 10.8. The molecule has 8 rings (SSSR count). The number of hydrogen-bond acceptors (Lipinski definition) is 12. The molecule has 362 valence electrons. The standard InChI is InChI=1S/C54H63ClN2O11/c1-3-27-65-54-49(57(53(61)64-29-24-55)34-38-16-12-15-36-13-4-5-17-42(36)38)33-46(56-68-50-19-8-11-28-63-50)44-31-37(14-6-9-25-58)43(18-7-10-26-59)51(52(44)54)45-32-41(21-23-48(45)67-54)66-40-20-22-47(62-2)39(30-40)35-60/h3-5,12-13,15-17,20-23,30-32,35,37,43,49-52,58-59H,1,6-11,14,18-19,24-29,33-34H2,2H3. The zero-order valence-electron chi connectivity index (χ0n) is 38.8. The number of rotatable bonds is 22. The summed E-state index contributed by atoms with van der Waals surface area (Å²) in [6.07, 6.45) is 10.7. The highest BCUT2D eigenvalue weighted by Gasteiger charge is 2.66. The third-order valence-electron chi connectivity index (χ3n) is 13.8. The lowest BCUT2D eigenvalue weighted by Crippen LogP contribution is -2.70. The lowest BCUT2D eigenvalue weighted by molar-refractivity contribution is -0.256. The van der Waals surface area contributed by atoms with Crippen molar-refractivity contribution in [2.75, 3.05) is 46.0 Å². The molecule has 1 amide bonds. The van der Waals surface area contributed by atoms with E-state index < -0.39 is 30.1 Å². The van der Waals surface area contributed by atoms with Crippen LogP contribution < -0.4 is 14.2 Å². The second-order valence-electron chi connectivity index (χ2n) is 17.9. The van der Waals surface area contributed by atoms with Gasteiger partial charge in [-0.05, 0) is 109 Å². The molecule has 7 atom stereocenters. The van der Waals surface area contributed by atoms with Gasteiger partial charge < -0.3 is 43.5 Å². The Kier molecular flexibility index (Phi) is 16.7. The van der Waals surface area contributed by atoms with Crippen LogP contribution in [-0.4, -0.2) is 97.3 Å². The number of aldehydes is 1. The summed E-state index contributed by atoms with van der Waals surface area (Å²) >= 11 is 6.19. The molecule has 4 aromatic rings. The van der Waals surface area contributed by atoms with Gasteiger partial charge in [0.2, 0.25) is 12.1 Å². The highest BCUT2D eigenvalue weighted by molar-refractivity contribution is 6.18. The summed E-state index contributed by atoms with van der Waals surface area (Å²) in [6.45, 7) is 4.98. The average molecular weight is 952 g/mol. The Labute approximate surface area is 403 Å². The van der Waals surface area contributed by atoms with Crippen molar-refractivity contribution in [2.24, 2.45) is 22.9 Å². The number of alkyl halides is 1. The molecule has 68 heavy (non-hydrogen) atoms. The van der Waals surface area contributed by atoms with Gasteiger partial charge in [0, 0.05) is 37.5 Å². The highest BCUT2D eigenvalue weighted by atomic mass is 35.5. The fraction of sp³-hybridized carbons (Fsp3) is 0.463. The number of hydrogen-bond donors (Lipinski definition) is 2. The zero-order valence-corrected chi connectivity index (χ0v) is 39.5. The van der Waals surface area contributed by atoms with Gasteiger partial charge in [-0.1, -0.05) is 72.6 Å². The molecule has 2 N–H and O–H groups in total. The average Bonchev–Trinajstić information content (AvgIpc) is 3.37. The number of ether oxygens (including phenoxy) is 6. The third-order valence-corrected chi connectivity index (χ3v) is 13.9. The first-order valence-corrected chi connectivity index (χ1v) is 24.5. The molecule has 4 aromatic carbocycles. The van der Waals surface area contributed by atoms with Crippen LogP contribution >= 0.6 is 11.6 Å². The summed E-state index contributed by atoms with van der Waals surface area (Å²) in [6, 6.07) is 24.1. The van der Waals surface area contributed by atoms with Crippen LogP contribution in [0.2, 0.25) is 0 Å². The molecule has 2 aliphatic heterocycles. The minimum absolute atomic E-state index is 0.00834. The molecule has 13 nitrogen and oxygen atoms in total. The summed E-state index contributed by atoms with van der Waals surface area (Å²) in [4.78, 5) is 35.0. The number of amides is 1.